The van der Waals surface area contributed by atoms with Crippen LogP contribution in [0.4, 0.5) is 0 Å². The molecule has 2 N–H and O–H groups in total. The normalized spacial score (nSPS) is 33.0. The van der Waals surface area contributed by atoms with E-state index < -0.39 is 0 Å². The van der Waals surface area contributed by atoms with Crippen LogP contribution in [0.1, 0.15) is 53.4 Å². The van der Waals surface area contributed by atoms with E-state index in [2.05, 4.69) is 33.0 Å². The van der Waals surface area contributed by atoms with Gasteiger partial charge in [0.05, 0.1) is 6.61 Å². The monoisotopic (exact) mass is 227 g/mol. The molecule has 0 aromatic heterocycles. The second kappa shape index (κ2) is 6.61. The molecule has 1 aliphatic carbocycles. The van der Waals surface area contributed by atoms with Gasteiger partial charge in [0.15, 0.2) is 0 Å². The van der Waals surface area contributed by atoms with Gasteiger partial charge in [-0.3, -0.25) is 0 Å². The molecular weight excluding hydrogens is 198 g/mol. The summed E-state index contributed by atoms with van der Waals surface area (Å²) in [6, 6.07) is 0.900. The Morgan fingerprint density at radius 1 is 1.31 bits per heavy atom. The lowest BCUT2D eigenvalue weighted by Gasteiger charge is -2.39. The van der Waals surface area contributed by atoms with E-state index in [1.165, 1.54) is 19.3 Å². The first-order valence-electron chi connectivity index (χ1n) is 6.95. The second-order valence-corrected chi connectivity index (χ2v) is 5.89. The molecule has 16 heavy (non-hydrogen) atoms. The molecule has 0 aromatic carbocycles. The maximum atomic E-state index is 9.28. The van der Waals surface area contributed by atoms with Crippen molar-refractivity contribution in [2.75, 3.05) is 6.61 Å². The van der Waals surface area contributed by atoms with Crippen LogP contribution in [0.15, 0.2) is 0 Å². The predicted molar refractivity (Wildman–Crippen MR) is 69.4 cm³/mol. The Balaban J connectivity index is 2.56. The quantitative estimate of drug-likeness (QED) is 0.757. The highest BCUT2D eigenvalue weighted by atomic mass is 16.3. The number of aliphatic hydroxyl groups is 1. The van der Waals surface area contributed by atoms with Crippen LogP contribution >= 0.6 is 0 Å². The number of aliphatic hydroxyl groups excluding tert-OH is 1. The molecular formula is C14H29NO. The van der Waals surface area contributed by atoms with E-state index in [1.807, 2.05) is 0 Å². The summed E-state index contributed by atoms with van der Waals surface area (Å²) in [6.07, 6.45) is 5.01. The van der Waals surface area contributed by atoms with Crippen LogP contribution < -0.4 is 5.32 Å². The van der Waals surface area contributed by atoms with E-state index in [-0.39, 0.29) is 12.6 Å². The van der Waals surface area contributed by atoms with Crippen LogP contribution in [0.25, 0.3) is 0 Å². The summed E-state index contributed by atoms with van der Waals surface area (Å²) in [7, 11) is 0. The lowest BCUT2D eigenvalue weighted by molar-refractivity contribution is 0.138. The third kappa shape index (κ3) is 3.74. The van der Waals surface area contributed by atoms with Crippen molar-refractivity contribution in [1.82, 2.24) is 5.32 Å². The summed E-state index contributed by atoms with van der Waals surface area (Å²) in [4.78, 5) is 0. The maximum Gasteiger partial charge on any atom is 0.0584 e. The fourth-order valence-corrected chi connectivity index (χ4v) is 3.00. The van der Waals surface area contributed by atoms with Gasteiger partial charge in [0.1, 0.15) is 0 Å². The van der Waals surface area contributed by atoms with Crippen LogP contribution in [-0.4, -0.2) is 23.8 Å². The van der Waals surface area contributed by atoms with Crippen molar-refractivity contribution in [2.24, 2.45) is 17.8 Å². The van der Waals surface area contributed by atoms with Gasteiger partial charge in [0, 0.05) is 12.1 Å². The predicted octanol–water partition coefficient (Wildman–Crippen LogP) is 2.81. The molecule has 0 heterocycles. The molecule has 0 saturated heterocycles. The van der Waals surface area contributed by atoms with Crippen LogP contribution in [0.3, 0.4) is 0 Å². The lowest BCUT2D eigenvalue weighted by Crippen LogP contribution is -2.48. The highest BCUT2D eigenvalue weighted by Crippen LogP contribution is 2.33. The van der Waals surface area contributed by atoms with Gasteiger partial charge >= 0.3 is 0 Å². The van der Waals surface area contributed by atoms with Crippen LogP contribution in [0, 0.1) is 17.8 Å². The van der Waals surface area contributed by atoms with E-state index in [9.17, 15) is 5.11 Å². The largest absolute Gasteiger partial charge is 0.395 e. The smallest absolute Gasteiger partial charge is 0.0584 e. The van der Waals surface area contributed by atoms with E-state index in [0.717, 1.165) is 24.2 Å². The van der Waals surface area contributed by atoms with Crippen molar-refractivity contribution in [3.05, 3.63) is 0 Å². The summed E-state index contributed by atoms with van der Waals surface area (Å²) in [6.45, 7) is 9.42. The van der Waals surface area contributed by atoms with Gasteiger partial charge in [-0.1, -0.05) is 34.1 Å². The van der Waals surface area contributed by atoms with Gasteiger partial charge in [-0.2, -0.15) is 0 Å². The average molecular weight is 227 g/mol. The fourth-order valence-electron chi connectivity index (χ4n) is 3.00. The maximum absolute atomic E-state index is 9.28. The summed E-state index contributed by atoms with van der Waals surface area (Å²) in [5.41, 5.74) is 0. The molecule has 0 aromatic rings. The molecule has 2 heteroatoms. The highest BCUT2D eigenvalue weighted by molar-refractivity contribution is 4.87. The van der Waals surface area contributed by atoms with E-state index in [4.69, 9.17) is 0 Å². The Morgan fingerprint density at radius 3 is 2.50 bits per heavy atom. The topological polar surface area (TPSA) is 32.3 Å². The van der Waals surface area contributed by atoms with E-state index >= 15 is 0 Å². The fraction of sp³-hybridized carbons (Fsp3) is 1.00. The molecule has 4 unspecified atom stereocenters. The number of nitrogens with one attached hydrogen (secondary N) is 1. The lowest BCUT2D eigenvalue weighted by atomic mass is 9.74. The zero-order chi connectivity index (χ0) is 12.1. The van der Waals surface area contributed by atoms with Crippen molar-refractivity contribution < 1.29 is 5.11 Å². The molecule has 0 bridgehead atoms. The molecule has 0 amide bonds. The Hall–Kier alpha value is -0.0800. The van der Waals surface area contributed by atoms with E-state index in [1.54, 1.807) is 0 Å². The molecule has 0 aliphatic heterocycles. The van der Waals surface area contributed by atoms with Gasteiger partial charge in [-0.15, -0.1) is 0 Å². The van der Waals surface area contributed by atoms with Crippen LogP contribution in [0.5, 0.6) is 0 Å². The Labute approximate surface area is 101 Å². The molecule has 1 aliphatic rings. The van der Waals surface area contributed by atoms with Gasteiger partial charge in [-0.25, -0.2) is 0 Å². The number of hydrogen-bond acceptors (Lipinski definition) is 2. The van der Waals surface area contributed by atoms with Crippen molar-refractivity contribution >= 4 is 0 Å². The Kier molecular flexibility index (Phi) is 5.77. The van der Waals surface area contributed by atoms with Gasteiger partial charge < -0.3 is 10.4 Å². The highest BCUT2D eigenvalue weighted by Gasteiger charge is 2.31. The first-order chi connectivity index (χ1) is 7.58. The summed E-state index contributed by atoms with van der Waals surface area (Å²) < 4.78 is 0. The molecule has 4 atom stereocenters. The van der Waals surface area contributed by atoms with Gasteiger partial charge in [0.25, 0.3) is 0 Å². The van der Waals surface area contributed by atoms with Crippen molar-refractivity contribution in [2.45, 2.75) is 65.5 Å². The third-order valence-corrected chi connectivity index (χ3v) is 4.19. The first kappa shape index (κ1) is 14.0. The van der Waals surface area contributed by atoms with Crippen molar-refractivity contribution in [1.29, 1.82) is 0 Å². The number of hydrogen-bond donors (Lipinski definition) is 2. The Morgan fingerprint density at radius 2 is 2.00 bits per heavy atom. The Bertz CT molecular complexity index is 189. The summed E-state index contributed by atoms with van der Waals surface area (Å²) in [5, 5.41) is 13.0. The minimum atomic E-state index is 0.270. The molecule has 2 nitrogen and oxygen atoms in total. The molecule has 0 radical (unpaired) electrons. The van der Waals surface area contributed by atoms with Gasteiger partial charge in [0.2, 0.25) is 0 Å². The molecule has 0 spiro atoms. The van der Waals surface area contributed by atoms with E-state index in [0.29, 0.717) is 6.04 Å². The minimum Gasteiger partial charge on any atom is -0.395 e. The third-order valence-electron chi connectivity index (χ3n) is 4.19. The zero-order valence-corrected chi connectivity index (χ0v) is 11.4. The van der Waals surface area contributed by atoms with Crippen LogP contribution in [0.2, 0.25) is 0 Å². The summed E-state index contributed by atoms with van der Waals surface area (Å²) in [5.74, 6) is 2.38. The SMILES string of the molecule is CCC(CO)NC1CC(C)CCC1C(C)C. The van der Waals surface area contributed by atoms with Crippen LogP contribution in [-0.2, 0) is 0 Å². The van der Waals surface area contributed by atoms with Crippen molar-refractivity contribution in [3.8, 4) is 0 Å². The average Bonchev–Trinajstić information content (AvgIpc) is 2.25. The molecule has 1 fully saturated rings. The molecule has 1 saturated carbocycles. The molecule has 96 valence electrons. The standard InChI is InChI=1S/C14H29NO/c1-5-12(9-16)15-14-8-11(4)6-7-13(14)10(2)3/h10-16H,5-9H2,1-4H3. The first-order valence-corrected chi connectivity index (χ1v) is 6.95. The minimum absolute atomic E-state index is 0.270. The summed E-state index contributed by atoms with van der Waals surface area (Å²) >= 11 is 0. The number of rotatable bonds is 5. The molecule has 1 rings (SSSR count). The van der Waals surface area contributed by atoms with Gasteiger partial charge in [-0.05, 0) is 37.0 Å². The zero-order valence-electron chi connectivity index (χ0n) is 11.4. The van der Waals surface area contributed by atoms with Crippen molar-refractivity contribution in [3.63, 3.8) is 0 Å². The second-order valence-electron chi connectivity index (χ2n) is 5.89.